The lowest BCUT2D eigenvalue weighted by molar-refractivity contribution is -0.384. The molecular formula is C15H16N8O2. The van der Waals surface area contributed by atoms with Crippen molar-refractivity contribution in [3.05, 3.63) is 40.3 Å². The Morgan fingerprint density at radius 3 is 2.84 bits per heavy atom. The molecule has 128 valence electrons. The van der Waals surface area contributed by atoms with Crippen LogP contribution in [0.15, 0.2) is 24.4 Å². The van der Waals surface area contributed by atoms with E-state index in [0.29, 0.717) is 11.4 Å². The summed E-state index contributed by atoms with van der Waals surface area (Å²) in [6, 6.07) is 6.90. The number of hydrogen-bond acceptors (Lipinski definition) is 8. The summed E-state index contributed by atoms with van der Waals surface area (Å²) in [5.74, 6) is 0.148. The zero-order chi connectivity index (χ0) is 17.6. The van der Waals surface area contributed by atoms with Crippen LogP contribution in [0.4, 0.5) is 17.1 Å². The topological polar surface area (TPSA) is 137 Å². The van der Waals surface area contributed by atoms with Gasteiger partial charge in [-0.25, -0.2) is 0 Å². The number of benzene rings is 1. The van der Waals surface area contributed by atoms with E-state index >= 15 is 0 Å². The van der Waals surface area contributed by atoms with E-state index in [-0.39, 0.29) is 22.0 Å². The van der Waals surface area contributed by atoms with Crippen molar-refractivity contribution in [1.29, 1.82) is 5.26 Å². The first-order valence-corrected chi connectivity index (χ1v) is 7.83. The van der Waals surface area contributed by atoms with Crippen molar-refractivity contribution < 1.29 is 4.92 Å². The second kappa shape index (κ2) is 7.39. The van der Waals surface area contributed by atoms with Crippen LogP contribution < -0.4 is 10.2 Å². The van der Waals surface area contributed by atoms with Gasteiger partial charge in [0.1, 0.15) is 17.3 Å². The summed E-state index contributed by atoms with van der Waals surface area (Å²) in [5.41, 5.74) is 1.33. The molecule has 10 heteroatoms. The van der Waals surface area contributed by atoms with E-state index in [0.717, 1.165) is 32.4 Å². The van der Waals surface area contributed by atoms with E-state index in [1.54, 1.807) is 12.1 Å². The first-order valence-electron chi connectivity index (χ1n) is 7.83. The molecule has 3 rings (SSSR count). The molecule has 0 aliphatic carbocycles. The summed E-state index contributed by atoms with van der Waals surface area (Å²) in [6.07, 6.45) is 4.62. The number of tetrazole rings is 1. The number of rotatable bonds is 5. The zero-order valence-corrected chi connectivity index (χ0v) is 13.3. The highest BCUT2D eigenvalue weighted by Crippen LogP contribution is 2.33. The van der Waals surface area contributed by atoms with Crippen molar-refractivity contribution in [3.8, 4) is 6.07 Å². The number of nitrogens with zero attached hydrogens (tertiary/aromatic N) is 6. The van der Waals surface area contributed by atoms with Crippen molar-refractivity contribution in [2.75, 3.05) is 23.3 Å². The molecule has 1 fully saturated rings. The minimum atomic E-state index is -0.386. The number of nitro benzene ring substituents is 1. The third-order valence-corrected chi connectivity index (χ3v) is 3.96. The number of nitro groups is 1. The number of nitriles is 1. The largest absolute Gasteiger partial charge is 0.366 e. The van der Waals surface area contributed by atoms with Crippen LogP contribution in [0.25, 0.3) is 5.57 Å². The Hall–Kier alpha value is -3.48. The summed E-state index contributed by atoms with van der Waals surface area (Å²) in [4.78, 5) is 13.1. The highest BCUT2D eigenvalue weighted by molar-refractivity contribution is 5.75. The molecule has 25 heavy (non-hydrogen) atoms. The van der Waals surface area contributed by atoms with Gasteiger partial charge in [-0.3, -0.25) is 10.1 Å². The van der Waals surface area contributed by atoms with E-state index in [1.807, 2.05) is 11.0 Å². The Kier molecular flexibility index (Phi) is 4.84. The lowest BCUT2D eigenvalue weighted by Crippen LogP contribution is -2.29. The minimum Gasteiger partial charge on any atom is -0.366 e. The summed E-state index contributed by atoms with van der Waals surface area (Å²) in [6.45, 7) is 1.65. The smallest absolute Gasteiger partial charge is 0.294 e. The van der Waals surface area contributed by atoms with Gasteiger partial charge in [0.05, 0.1) is 4.92 Å². The van der Waals surface area contributed by atoms with Crippen LogP contribution >= 0.6 is 0 Å². The number of piperidine rings is 1. The molecular weight excluding hydrogens is 324 g/mol. The number of aromatic nitrogens is 4. The second-order valence-electron chi connectivity index (χ2n) is 5.56. The molecule has 1 aliphatic rings. The van der Waals surface area contributed by atoms with Gasteiger partial charge in [0, 0.05) is 31.0 Å². The summed E-state index contributed by atoms with van der Waals surface area (Å²) >= 11 is 0. The average Bonchev–Trinajstić information content (AvgIpc) is 3.17. The summed E-state index contributed by atoms with van der Waals surface area (Å²) in [7, 11) is 0. The molecule has 0 atom stereocenters. The van der Waals surface area contributed by atoms with Gasteiger partial charge in [-0.1, -0.05) is 0 Å². The maximum absolute atomic E-state index is 11.4. The van der Waals surface area contributed by atoms with Gasteiger partial charge in [0.15, 0.2) is 0 Å². The van der Waals surface area contributed by atoms with E-state index in [2.05, 4.69) is 25.9 Å². The second-order valence-corrected chi connectivity index (χ2v) is 5.56. The quantitative estimate of drug-likeness (QED) is 0.479. The standard InChI is InChI=1S/C15H16N8O2/c16-9-11(15-18-20-21-19-15)10-17-12-4-5-13(14(8-12)23(24)25)22-6-2-1-3-7-22/h4-5,8,10,17H,1-3,6-7H2,(H,18,19,20,21). The van der Waals surface area contributed by atoms with Gasteiger partial charge >= 0.3 is 0 Å². The predicted octanol–water partition coefficient (Wildman–Crippen LogP) is 2.07. The Balaban J connectivity index is 1.84. The Labute approximate surface area is 143 Å². The lowest BCUT2D eigenvalue weighted by Gasteiger charge is -2.28. The molecule has 10 nitrogen and oxygen atoms in total. The van der Waals surface area contributed by atoms with Gasteiger partial charge in [-0.2, -0.15) is 10.5 Å². The molecule has 0 bridgehead atoms. The highest BCUT2D eigenvalue weighted by Gasteiger charge is 2.21. The van der Waals surface area contributed by atoms with Crippen LogP contribution in [-0.2, 0) is 0 Å². The molecule has 0 unspecified atom stereocenters. The molecule has 2 aromatic rings. The highest BCUT2D eigenvalue weighted by atomic mass is 16.6. The third kappa shape index (κ3) is 3.72. The monoisotopic (exact) mass is 340 g/mol. The Bertz CT molecular complexity index is 819. The van der Waals surface area contributed by atoms with Crippen LogP contribution in [0.2, 0.25) is 0 Å². The van der Waals surface area contributed by atoms with Crippen molar-refractivity contribution in [1.82, 2.24) is 20.6 Å². The number of anilines is 2. The average molecular weight is 340 g/mol. The molecule has 1 aromatic carbocycles. The van der Waals surface area contributed by atoms with Crippen molar-refractivity contribution in [3.63, 3.8) is 0 Å². The molecule has 0 spiro atoms. The van der Waals surface area contributed by atoms with Crippen LogP contribution in [0.3, 0.4) is 0 Å². The van der Waals surface area contributed by atoms with Gasteiger partial charge in [-0.15, -0.1) is 10.2 Å². The molecule has 2 heterocycles. The van der Waals surface area contributed by atoms with Gasteiger partial charge in [0.25, 0.3) is 5.69 Å². The van der Waals surface area contributed by atoms with Crippen LogP contribution in [0, 0.1) is 21.4 Å². The molecule has 0 radical (unpaired) electrons. The normalized spacial score (nSPS) is 14.8. The van der Waals surface area contributed by atoms with Crippen molar-refractivity contribution in [2.24, 2.45) is 0 Å². The summed E-state index contributed by atoms with van der Waals surface area (Å²) in [5, 5.41) is 36.6. The van der Waals surface area contributed by atoms with E-state index in [1.165, 1.54) is 12.3 Å². The van der Waals surface area contributed by atoms with Crippen LogP contribution in [-0.4, -0.2) is 38.6 Å². The van der Waals surface area contributed by atoms with Crippen LogP contribution in [0.5, 0.6) is 0 Å². The van der Waals surface area contributed by atoms with Gasteiger partial charge in [0.2, 0.25) is 5.82 Å². The van der Waals surface area contributed by atoms with Crippen molar-refractivity contribution >= 4 is 22.6 Å². The third-order valence-electron chi connectivity index (χ3n) is 3.96. The molecule has 2 N–H and O–H groups in total. The van der Waals surface area contributed by atoms with Crippen molar-refractivity contribution in [2.45, 2.75) is 19.3 Å². The zero-order valence-electron chi connectivity index (χ0n) is 13.3. The Morgan fingerprint density at radius 2 is 2.20 bits per heavy atom. The fourth-order valence-electron chi connectivity index (χ4n) is 2.74. The number of allylic oxidation sites excluding steroid dienone is 1. The fraction of sp³-hybridized carbons (Fsp3) is 0.333. The summed E-state index contributed by atoms with van der Waals surface area (Å²) < 4.78 is 0. The SMILES string of the molecule is N#CC(=CNc1ccc(N2CCCCC2)c([N+](=O)[O-])c1)c1nn[nH]n1. The number of nitrogens with one attached hydrogen (secondary N) is 2. The molecule has 1 saturated heterocycles. The van der Waals surface area contributed by atoms with E-state index in [9.17, 15) is 10.1 Å². The first-order chi connectivity index (χ1) is 12.2. The molecule has 0 amide bonds. The maximum Gasteiger partial charge on any atom is 0.294 e. The first kappa shape index (κ1) is 16.4. The Morgan fingerprint density at radius 1 is 1.40 bits per heavy atom. The minimum absolute atomic E-state index is 0.0402. The molecule has 1 aromatic heterocycles. The number of aromatic amines is 1. The fourth-order valence-corrected chi connectivity index (χ4v) is 2.74. The van der Waals surface area contributed by atoms with Gasteiger partial charge in [-0.05, 0) is 36.6 Å². The number of H-pyrrole nitrogens is 1. The molecule has 1 aliphatic heterocycles. The van der Waals surface area contributed by atoms with Crippen LogP contribution in [0.1, 0.15) is 25.1 Å². The predicted molar refractivity (Wildman–Crippen MR) is 90.6 cm³/mol. The molecule has 0 saturated carbocycles. The van der Waals surface area contributed by atoms with E-state index in [4.69, 9.17) is 5.26 Å². The van der Waals surface area contributed by atoms with Gasteiger partial charge < -0.3 is 10.2 Å². The number of hydrogen-bond donors (Lipinski definition) is 2. The van der Waals surface area contributed by atoms with E-state index < -0.39 is 0 Å². The maximum atomic E-state index is 11.4. The lowest BCUT2D eigenvalue weighted by atomic mass is 10.1.